The second-order valence-electron chi connectivity index (χ2n) is 5.39. The quantitative estimate of drug-likeness (QED) is 0.746. The molecule has 1 N–H and O–H groups in total. The molecule has 2 amide bonds. The number of anilines is 2. The van der Waals surface area contributed by atoms with Gasteiger partial charge in [0, 0.05) is 28.7 Å². The Bertz CT molecular complexity index is 837. The van der Waals surface area contributed by atoms with Gasteiger partial charge in [0.2, 0.25) is 0 Å². The molecule has 3 aromatic rings. The van der Waals surface area contributed by atoms with Crippen LogP contribution in [-0.4, -0.2) is 11.0 Å². The van der Waals surface area contributed by atoms with Crippen molar-refractivity contribution < 1.29 is 4.79 Å². The first kappa shape index (κ1) is 14.8. The number of urea groups is 1. The molecule has 1 aromatic heterocycles. The summed E-state index contributed by atoms with van der Waals surface area (Å²) in [6, 6.07) is 19.6. The Balaban J connectivity index is 1.65. The van der Waals surface area contributed by atoms with Crippen LogP contribution < -0.4 is 10.2 Å². The second-order valence-corrected chi connectivity index (χ2v) is 6.47. The van der Waals surface area contributed by atoms with E-state index in [0.29, 0.717) is 6.54 Å². The fraction of sp³-hybridized carbons (Fsp3) is 0.0526. The van der Waals surface area contributed by atoms with Crippen molar-refractivity contribution in [3.05, 3.63) is 78.6 Å². The Morgan fingerprint density at radius 3 is 2.12 bits per heavy atom. The highest BCUT2D eigenvalue weighted by atomic mass is 32.2. The van der Waals surface area contributed by atoms with E-state index in [-0.39, 0.29) is 6.03 Å². The molecule has 0 spiro atoms. The van der Waals surface area contributed by atoms with E-state index >= 15 is 0 Å². The van der Waals surface area contributed by atoms with Gasteiger partial charge in [-0.3, -0.25) is 9.88 Å². The zero-order valence-corrected chi connectivity index (χ0v) is 13.7. The van der Waals surface area contributed by atoms with Gasteiger partial charge in [-0.05, 0) is 42.0 Å². The van der Waals surface area contributed by atoms with Crippen LogP contribution in [0.2, 0.25) is 0 Å². The summed E-state index contributed by atoms with van der Waals surface area (Å²) in [5, 5.41) is 3.00. The topological polar surface area (TPSA) is 45.2 Å². The Hall–Kier alpha value is -2.79. The van der Waals surface area contributed by atoms with Crippen LogP contribution in [0.4, 0.5) is 16.2 Å². The standard InChI is InChI=1S/C19H15N3OS/c23-19(21-13-14-9-11-20-12-10-14)22-15-5-1-3-7-17(15)24-18-8-4-2-6-16(18)22/h1-12H,13H2,(H,21,23). The van der Waals surface area contributed by atoms with E-state index in [4.69, 9.17) is 0 Å². The first-order chi connectivity index (χ1) is 11.8. The number of nitrogens with zero attached hydrogens (tertiary/aromatic N) is 2. The molecular formula is C19H15N3OS. The summed E-state index contributed by atoms with van der Waals surface area (Å²) in [5.41, 5.74) is 2.84. The van der Waals surface area contributed by atoms with Crippen molar-refractivity contribution in [1.29, 1.82) is 0 Å². The van der Waals surface area contributed by atoms with Gasteiger partial charge in [-0.25, -0.2) is 4.79 Å². The van der Waals surface area contributed by atoms with E-state index in [9.17, 15) is 4.79 Å². The number of amides is 2. The van der Waals surface area contributed by atoms with E-state index in [1.807, 2.05) is 60.7 Å². The number of para-hydroxylation sites is 2. The largest absolute Gasteiger partial charge is 0.333 e. The second kappa shape index (κ2) is 6.37. The average molecular weight is 333 g/mol. The van der Waals surface area contributed by atoms with Crippen LogP contribution in [0, 0.1) is 0 Å². The molecule has 2 aromatic carbocycles. The summed E-state index contributed by atoms with van der Waals surface area (Å²) in [6.45, 7) is 0.468. The molecule has 4 nitrogen and oxygen atoms in total. The molecule has 118 valence electrons. The molecule has 0 saturated carbocycles. The molecule has 2 heterocycles. The van der Waals surface area contributed by atoms with Crippen LogP contribution in [0.25, 0.3) is 0 Å². The van der Waals surface area contributed by atoms with Crippen LogP contribution in [0.5, 0.6) is 0 Å². The number of fused-ring (bicyclic) bond motifs is 2. The Morgan fingerprint density at radius 1 is 0.917 bits per heavy atom. The van der Waals surface area contributed by atoms with Gasteiger partial charge in [0.05, 0.1) is 11.4 Å². The minimum atomic E-state index is -0.132. The molecule has 0 radical (unpaired) electrons. The molecule has 1 aliphatic heterocycles. The minimum Gasteiger partial charge on any atom is -0.333 e. The van der Waals surface area contributed by atoms with Crippen molar-refractivity contribution >= 4 is 29.2 Å². The molecule has 0 aliphatic carbocycles. The highest BCUT2D eigenvalue weighted by Crippen LogP contribution is 2.47. The molecule has 0 fully saturated rings. The van der Waals surface area contributed by atoms with E-state index in [1.54, 1.807) is 29.1 Å². The summed E-state index contributed by atoms with van der Waals surface area (Å²) >= 11 is 1.69. The van der Waals surface area contributed by atoms with Gasteiger partial charge in [-0.2, -0.15) is 0 Å². The normalized spacial score (nSPS) is 12.2. The van der Waals surface area contributed by atoms with E-state index in [1.165, 1.54) is 0 Å². The highest BCUT2D eigenvalue weighted by molar-refractivity contribution is 7.99. The summed E-state index contributed by atoms with van der Waals surface area (Å²) in [5.74, 6) is 0. The van der Waals surface area contributed by atoms with Crippen LogP contribution in [0.1, 0.15) is 5.56 Å². The number of pyridine rings is 1. The molecule has 0 saturated heterocycles. The minimum absolute atomic E-state index is 0.132. The summed E-state index contributed by atoms with van der Waals surface area (Å²) < 4.78 is 0. The molecule has 5 heteroatoms. The number of rotatable bonds is 2. The monoisotopic (exact) mass is 333 g/mol. The SMILES string of the molecule is O=C(NCc1ccncc1)N1c2ccccc2Sc2ccccc21. The van der Waals surface area contributed by atoms with Crippen molar-refractivity contribution in [2.24, 2.45) is 0 Å². The molecule has 0 atom stereocenters. The van der Waals surface area contributed by atoms with Gasteiger partial charge in [0.15, 0.2) is 0 Å². The van der Waals surface area contributed by atoms with Crippen molar-refractivity contribution in [3.63, 3.8) is 0 Å². The van der Waals surface area contributed by atoms with Gasteiger partial charge in [-0.15, -0.1) is 0 Å². The summed E-state index contributed by atoms with van der Waals surface area (Å²) in [6.07, 6.45) is 3.45. The number of carbonyl (C=O) groups is 1. The summed E-state index contributed by atoms with van der Waals surface area (Å²) in [7, 11) is 0. The third-order valence-corrected chi connectivity index (χ3v) is 4.96. The Morgan fingerprint density at radius 2 is 1.50 bits per heavy atom. The number of hydrogen-bond acceptors (Lipinski definition) is 3. The number of hydrogen-bond donors (Lipinski definition) is 1. The zero-order chi connectivity index (χ0) is 16.4. The van der Waals surface area contributed by atoms with Crippen LogP contribution >= 0.6 is 11.8 Å². The fourth-order valence-electron chi connectivity index (χ4n) is 2.68. The predicted molar refractivity (Wildman–Crippen MR) is 95.6 cm³/mol. The van der Waals surface area contributed by atoms with Gasteiger partial charge in [-0.1, -0.05) is 36.0 Å². The lowest BCUT2D eigenvalue weighted by Gasteiger charge is -2.31. The maximum Gasteiger partial charge on any atom is 0.326 e. The molecular weight excluding hydrogens is 318 g/mol. The van der Waals surface area contributed by atoms with Crippen LogP contribution in [-0.2, 0) is 6.54 Å². The molecule has 1 aliphatic rings. The molecule has 0 bridgehead atoms. The lowest BCUT2D eigenvalue weighted by molar-refractivity contribution is 0.248. The molecule has 0 unspecified atom stereocenters. The van der Waals surface area contributed by atoms with Crippen LogP contribution in [0.15, 0.2) is 82.8 Å². The first-order valence-corrected chi connectivity index (χ1v) is 8.47. The average Bonchev–Trinajstić information content (AvgIpc) is 2.65. The van der Waals surface area contributed by atoms with Crippen molar-refractivity contribution in [1.82, 2.24) is 10.3 Å². The zero-order valence-electron chi connectivity index (χ0n) is 12.8. The van der Waals surface area contributed by atoms with Gasteiger partial charge < -0.3 is 5.32 Å². The lowest BCUT2D eigenvalue weighted by Crippen LogP contribution is -2.37. The Labute approximate surface area is 144 Å². The fourth-order valence-corrected chi connectivity index (χ4v) is 3.74. The van der Waals surface area contributed by atoms with Gasteiger partial charge >= 0.3 is 6.03 Å². The smallest absolute Gasteiger partial charge is 0.326 e. The number of benzene rings is 2. The van der Waals surface area contributed by atoms with Crippen molar-refractivity contribution in [2.45, 2.75) is 16.3 Å². The first-order valence-electron chi connectivity index (χ1n) is 7.66. The van der Waals surface area contributed by atoms with E-state index in [0.717, 1.165) is 26.7 Å². The third-order valence-electron chi connectivity index (χ3n) is 3.83. The maximum atomic E-state index is 12.9. The van der Waals surface area contributed by atoms with Crippen LogP contribution in [0.3, 0.4) is 0 Å². The van der Waals surface area contributed by atoms with E-state index in [2.05, 4.69) is 10.3 Å². The predicted octanol–water partition coefficient (Wildman–Crippen LogP) is 4.59. The van der Waals surface area contributed by atoms with Crippen molar-refractivity contribution in [3.8, 4) is 0 Å². The number of nitrogens with one attached hydrogen (secondary N) is 1. The molecule has 24 heavy (non-hydrogen) atoms. The van der Waals surface area contributed by atoms with Crippen molar-refractivity contribution in [2.75, 3.05) is 4.90 Å². The number of carbonyl (C=O) groups excluding carboxylic acids is 1. The third kappa shape index (κ3) is 2.74. The lowest BCUT2D eigenvalue weighted by atomic mass is 10.2. The highest BCUT2D eigenvalue weighted by Gasteiger charge is 2.27. The Kier molecular flexibility index (Phi) is 3.92. The molecule has 4 rings (SSSR count). The van der Waals surface area contributed by atoms with E-state index < -0.39 is 0 Å². The van der Waals surface area contributed by atoms with Gasteiger partial charge in [0.25, 0.3) is 0 Å². The maximum absolute atomic E-state index is 12.9. The number of aromatic nitrogens is 1. The summed E-state index contributed by atoms with van der Waals surface area (Å²) in [4.78, 5) is 20.8. The van der Waals surface area contributed by atoms with Gasteiger partial charge in [0.1, 0.15) is 0 Å².